The fourth-order valence-electron chi connectivity index (χ4n) is 2.01. The van der Waals surface area contributed by atoms with Gasteiger partial charge in [0.15, 0.2) is 0 Å². The van der Waals surface area contributed by atoms with Gasteiger partial charge < -0.3 is 4.90 Å². The fraction of sp³-hybridized carbons (Fsp3) is 0.364. The number of benzene rings is 1. The zero-order valence-electron chi connectivity index (χ0n) is 9.59. The summed E-state index contributed by atoms with van der Waals surface area (Å²) in [5.41, 5.74) is 1.13. The maximum Gasteiger partial charge on any atom is 0.288 e. The number of nitro groups is 1. The van der Waals surface area contributed by atoms with Crippen LogP contribution in [-0.2, 0) is 4.79 Å². The normalized spacial score (nSPS) is 19.4. The number of nitrogens with zero attached hydrogens (tertiary/aromatic N) is 2. The van der Waals surface area contributed by atoms with E-state index in [2.05, 4.69) is 12.6 Å². The van der Waals surface area contributed by atoms with Gasteiger partial charge in [-0.15, -0.1) is 0 Å². The third kappa shape index (κ3) is 2.30. The summed E-state index contributed by atoms with van der Waals surface area (Å²) in [4.78, 5) is 23.6. The molecule has 0 radical (unpaired) electrons. The standard InChI is InChI=1S/C11H11ClN2O3S/c1-6-2-10(14(16)17)8(12)4-9(6)13-5-7(18)3-11(13)15/h2,4,7,18H,3,5H2,1H3. The summed E-state index contributed by atoms with van der Waals surface area (Å²) >= 11 is 10.1. The molecule has 1 unspecified atom stereocenters. The second kappa shape index (κ2) is 4.78. The van der Waals surface area contributed by atoms with Gasteiger partial charge in [0.1, 0.15) is 5.02 Å². The molecule has 1 amide bonds. The van der Waals surface area contributed by atoms with Crippen LogP contribution in [0, 0.1) is 17.0 Å². The Morgan fingerprint density at radius 2 is 2.22 bits per heavy atom. The van der Waals surface area contributed by atoms with Crippen LogP contribution in [0.5, 0.6) is 0 Å². The third-order valence-electron chi connectivity index (χ3n) is 2.86. The first-order valence-corrected chi connectivity index (χ1v) is 6.22. The highest BCUT2D eigenvalue weighted by atomic mass is 35.5. The second-order valence-electron chi connectivity index (χ2n) is 4.21. The van der Waals surface area contributed by atoms with E-state index in [0.29, 0.717) is 24.2 Å². The van der Waals surface area contributed by atoms with Gasteiger partial charge >= 0.3 is 0 Å². The van der Waals surface area contributed by atoms with Gasteiger partial charge in [-0.2, -0.15) is 12.6 Å². The van der Waals surface area contributed by atoms with Crippen LogP contribution in [0.15, 0.2) is 12.1 Å². The molecule has 0 saturated carbocycles. The molecule has 1 fully saturated rings. The second-order valence-corrected chi connectivity index (χ2v) is 5.35. The number of nitro benzene ring substituents is 1. The molecule has 96 valence electrons. The first-order chi connectivity index (χ1) is 8.40. The van der Waals surface area contributed by atoms with Crippen molar-refractivity contribution in [2.75, 3.05) is 11.4 Å². The highest BCUT2D eigenvalue weighted by molar-refractivity contribution is 7.81. The minimum atomic E-state index is -0.535. The number of rotatable bonds is 2. The van der Waals surface area contributed by atoms with Gasteiger partial charge in [-0.3, -0.25) is 14.9 Å². The quantitative estimate of drug-likeness (QED) is 0.516. The molecule has 1 aromatic carbocycles. The highest BCUT2D eigenvalue weighted by Crippen LogP contribution is 2.34. The zero-order valence-corrected chi connectivity index (χ0v) is 11.2. The summed E-state index contributed by atoms with van der Waals surface area (Å²) in [6, 6.07) is 2.86. The van der Waals surface area contributed by atoms with Crippen LogP contribution in [0.2, 0.25) is 5.02 Å². The molecule has 1 aliphatic rings. The Balaban J connectivity index is 2.44. The Bertz CT molecular complexity index is 535. The molecule has 0 aliphatic carbocycles. The van der Waals surface area contributed by atoms with Crippen LogP contribution in [0.1, 0.15) is 12.0 Å². The number of hydrogen-bond donors (Lipinski definition) is 1. The summed E-state index contributed by atoms with van der Waals surface area (Å²) in [7, 11) is 0. The summed E-state index contributed by atoms with van der Waals surface area (Å²) in [6.45, 7) is 2.22. The summed E-state index contributed by atoms with van der Waals surface area (Å²) in [5.74, 6) is -0.0389. The van der Waals surface area contributed by atoms with Gasteiger partial charge in [-0.25, -0.2) is 0 Å². The van der Waals surface area contributed by atoms with Crippen molar-refractivity contribution in [1.29, 1.82) is 0 Å². The molecule has 0 spiro atoms. The number of amides is 1. The Morgan fingerprint density at radius 1 is 1.56 bits per heavy atom. The number of anilines is 1. The molecule has 0 N–H and O–H groups in total. The van der Waals surface area contributed by atoms with E-state index in [1.165, 1.54) is 12.1 Å². The summed E-state index contributed by atoms with van der Waals surface area (Å²) < 4.78 is 0. The van der Waals surface area contributed by atoms with E-state index in [1.54, 1.807) is 11.8 Å². The van der Waals surface area contributed by atoms with E-state index in [4.69, 9.17) is 11.6 Å². The van der Waals surface area contributed by atoms with Gasteiger partial charge in [-0.05, 0) is 18.6 Å². The lowest BCUT2D eigenvalue weighted by Crippen LogP contribution is -2.25. The monoisotopic (exact) mass is 286 g/mol. The third-order valence-corrected chi connectivity index (χ3v) is 3.51. The Labute approximate surface area is 114 Å². The minimum absolute atomic E-state index is 0.00846. The molecule has 1 aromatic rings. The number of hydrogen-bond acceptors (Lipinski definition) is 4. The first kappa shape index (κ1) is 13.2. The number of thiol groups is 1. The fourth-order valence-corrected chi connectivity index (χ4v) is 2.55. The van der Waals surface area contributed by atoms with Crippen molar-refractivity contribution in [3.05, 3.63) is 32.8 Å². The molecule has 1 saturated heterocycles. The van der Waals surface area contributed by atoms with E-state index in [1.807, 2.05) is 0 Å². The maximum atomic E-state index is 11.8. The molecule has 0 aromatic heterocycles. The smallest absolute Gasteiger partial charge is 0.288 e. The van der Waals surface area contributed by atoms with Crippen LogP contribution in [0.4, 0.5) is 11.4 Å². The topological polar surface area (TPSA) is 63.5 Å². The van der Waals surface area contributed by atoms with Gasteiger partial charge in [0, 0.05) is 30.0 Å². The predicted molar refractivity (Wildman–Crippen MR) is 72.6 cm³/mol. The van der Waals surface area contributed by atoms with Crippen molar-refractivity contribution in [2.45, 2.75) is 18.6 Å². The predicted octanol–water partition coefficient (Wildman–Crippen LogP) is 2.59. The maximum absolute atomic E-state index is 11.8. The zero-order chi connectivity index (χ0) is 13.4. The number of halogens is 1. The van der Waals surface area contributed by atoms with E-state index in [-0.39, 0.29) is 21.9 Å². The molecule has 7 heteroatoms. The van der Waals surface area contributed by atoms with Crippen molar-refractivity contribution in [1.82, 2.24) is 0 Å². The lowest BCUT2D eigenvalue weighted by Gasteiger charge is -2.18. The van der Waals surface area contributed by atoms with Gasteiger partial charge in [0.25, 0.3) is 5.69 Å². The van der Waals surface area contributed by atoms with Crippen LogP contribution in [0.25, 0.3) is 0 Å². The molecule has 0 bridgehead atoms. The molecular weight excluding hydrogens is 276 g/mol. The highest BCUT2D eigenvalue weighted by Gasteiger charge is 2.30. The SMILES string of the molecule is Cc1cc([N+](=O)[O-])c(Cl)cc1N1CC(S)CC1=O. The van der Waals surface area contributed by atoms with Crippen molar-refractivity contribution < 1.29 is 9.72 Å². The van der Waals surface area contributed by atoms with Crippen LogP contribution in [0.3, 0.4) is 0 Å². The van der Waals surface area contributed by atoms with Crippen molar-refractivity contribution in [3.63, 3.8) is 0 Å². The van der Waals surface area contributed by atoms with E-state index >= 15 is 0 Å². The van der Waals surface area contributed by atoms with E-state index in [9.17, 15) is 14.9 Å². The number of aryl methyl sites for hydroxylation is 1. The molecule has 5 nitrogen and oxygen atoms in total. The average Bonchev–Trinajstić information content (AvgIpc) is 2.60. The number of carbonyl (C=O) groups excluding carboxylic acids is 1. The molecule has 18 heavy (non-hydrogen) atoms. The van der Waals surface area contributed by atoms with Gasteiger partial charge in [-0.1, -0.05) is 11.6 Å². The first-order valence-electron chi connectivity index (χ1n) is 5.33. The van der Waals surface area contributed by atoms with Gasteiger partial charge in [0.2, 0.25) is 5.91 Å². The lowest BCUT2D eigenvalue weighted by molar-refractivity contribution is -0.384. The minimum Gasteiger partial charge on any atom is -0.311 e. The van der Waals surface area contributed by atoms with E-state index < -0.39 is 4.92 Å². The molecule has 2 rings (SSSR count). The summed E-state index contributed by atoms with van der Waals surface area (Å²) in [6.07, 6.45) is 0.372. The Kier molecular flexibility index (Phi) is 3.49. The molecule has 1 heterocycles. The van der Waals surface area contributed by atoms with Crippen LogP contribution < -0.4 is 4.90 Å². The average molecular weight is 287 g/mol. The van der Waals surface area contributed by atoms with Gasteiger partial charge in [0.05, 0.1) is 4.92 Å². The molecular formula is C11H11ClN2O3S. The van der Waals surface area contributed by atoms with Crippen molar-refractivity contribution >= 4 is 41.5 Å². The van der Waals surface area contributed by atoms with E-state index in [0.717, 1.165) is 0 Å². The van der Waals surface area contributed by atoms with Crippen LogP contribution in [-0.4, -0.2) is 22.6 Å². The largest absolute Gasteiger partial charge is 0.311 e. The molecule has 1 atom stereocenters. The van der Waals surface area contributed by atoms with Crippen molar-refractivity contribution in [3.8, 4) is 0 Å². The molecule has 1 aliphatic heterocycles. The Hall–Kier alpha value is -1.27. The van der Waals surface area contributed by atoms with Crippen LogP contribution >= 0.6 is 24.2 Å². The van der Waals surface area contributed by atoms with Crippen molar-refractivity contribution in [2.24, 2.45) is 0 Å². The summed E-state index contributed by atoms with van der Waals surface area (Å²) in [5, 5.41) is 10.8. The lowest BCUT2D eigenvalue weighted by atomic mass is 10.1. The Morgan fingerprint density at radius 3 is 2.72 bits per heavy atom. The number of carbonyl (C=O) groups is 1.